The van der Waals surface area contributed by atoms with Gasteiger partial charge < -0.3 is 10.4 Å². The second kappa shape index (κ2) is 6.09. The zero-order valence-electron chi connectivity index (χ0n) is 15.4. The van der Waals surface area contributed by atoms with E-state index in [1.165, 1.54) is 0 Å². The molecule has 3 unspecified atom stereocenters. The number of nitrogens with zero attached hydrogens (tertiary/aromatic N) is 1. The van der Waals surface area contributed by atoms with E-state index in [1.807, 2.05) is 36.4 Å². The molecule has 3 aromatic carbocycles. The molecule has 0 amide bonds. The van der Waals surface area contributed by atoms with Crippen molar-refractivity contribution in [1.29, 1.82) is 0 Å². The fourth-order valence-corrected chi connectivity index (χ4v) is 4.90. The van der Waals surface area contributed by atoms with Gasteiger partial charge >= 0.3 is 0 Å². The molecule has 5 nitrogen and oxygen atoms in total. The predicted molar refractivity (Wildman–Crippen MR) is 110 cm³/mol. The lowest BCUT2D eigenvalue weighted by Gasteiger charge is -2.38. The lowest BCUT2D eigenvalue weighted by Crippen LogP contribution is -2.30. The van der Waals surface area contributed by atoms with Crippen molar-refractivity contribution in [2.45, 2.75) is 25.3 Å². The van der Waals surface area contributed by atoms with Crippen molar-refractivity contribution in [3.8, 4) is 5.75 Å². The van der Waals surface area contributed by atoms with E-state index < -0.39 is 0 Å². The minimum absolute atomic E-state index is 0.118. The summed E-state index contributed by atoms with van der Waals surface area (Å²) < 4.78 is 0. The molecule has 1 aliphatic carbocycles. The topological polar surface area (TPSA) is 75.4 Å². The quantitative estimate of drug-likeness (QED) is 0.349. The average Bonchev–Trinajstić information content (AvgIpc) is 3.18. The number of nitro benzene ring substituents is 1. The number of hydrogen-bond donors (Lipinski definition) is 2. The van der Waals surface area contributed by atoms with Crippen LogP contribution < -0.4 is 5.32 Å². The molecule has 3 atom stereocenters. The van der Waals surface area contributed by atoms with Crippen molar-refractivity contribution in [2.24, 2.45) is 5.92 Å². The van der Waals surface area contributed by atoms with E-state index >= 15 is 0 Å². The first-order valence-electron chi connectivity index (χ1n) is 9.48. The van der Waals surface area contributed by atoms with Crippen LogP contribution in [-0.2, 0) is 0 Å². The molecule has 0 radical (unpaired) electrons. The van der Waals surface area contributed by atoms with Crippen molar-refractivity contribution in [3.05, 3.63) is 87.5 Å². The molecule has 0 saturated carbocycles. The van der Waals surface area contributed by atoms with Gasteiger partial charge in [0.1, 0.15) is 5.75 Å². The third-order valence-electron chi connectivity index (χ3n) is 6.22. The number of phenolic OH excluding ortho intramolecular Hbond substituents is 1. The second-order valence-electron chi connectivity index (χ2n) is 7.63. The number of benzene rings is 3. The average molecular weight is 372 g/mol. The number of anilines is 1. The van der Waals surface area contributed by atoms with Crippen molar-refractivity contribution >= 4 is 22.1 Å². The first-order valence-corrected chi connectivity index (χ1v) is 9.48. The molecule has 2 aliphatic rings. The molecule has 0 saturated heterocycles. The highest BCUT2D eigenvalue weighted by molar-refractivity contribution is 5.89. The molecule has 140 valence electrons. The molecule has 0 aromatic heterocycles. The van der Waals surface area contributed by atoms with Gasteiger partial charge in [-0.05, 0) is 47.7 Å². The summed E-state index contributed by atoms with van der Waals surface area (Å²) in [6.45, 7) is 1.79. The number of nitro groups is 1. The molecule has 1 heterocycles. The Balaban J connectivity index is 1.73. The molecule has 2 N–H and O–H groups in total. The number of nitrogens with one attached hydrogen (secondary N) is 1. The van der Waals surface area contributed by atoms with Crippen molar-refractivity contribution in [3.63, 3.8) is 0 Å². The van der Waals surface area contributed by atoms with Crippen LogP contribution in [0.15, 0.2) is 60.7 Å². The Morgan fingerprint density at radius 1 is 1.14 bits per heavy atom. The Hall–Kier alpha value is -3.34. The van der Waals surface area contributed by atoms with Gasteiger partial charge in [0.2, 0.25) is 0 Å². The number of phenols is 1. The fourth-order valence-electron chi connectivity index (χ4n) is 4.90. The summed E-state index contributed by atoms with van der Waals surface area (Å²) in [5.41, 5.74) is 3.55. The van der Waals surface area contributed by atoms with Crippen LogP contribution in [0.25, 0.3) is 10.8 Å². The highest BCUT2D eigenvalue weighted by atomic mass is 16.6. The molecule has 0 bridgehead atoms. The normalized spacial score (nSPS) is 22.5. The number of allylic oxidation sites excluding steroid dienone is 2. The van der Waals surface area contributed by atoms with Gasteiger partial charge in [-0.1, -0.05) is 42.5 Å². The summed E-state index contributed by atoms with van der Waals surface area (Å²) in [5, 5.41) is 27.9. The third kappa shape index (κ3) is 2.32. The lowest BCUT2D eigenvalue weighted by molar-refractivity contribution is -0.385. The van der Waals surface area contributed by atoms with E-state index in [9.17, 15) is 15.2 Å². The number of rotatable bonds is 2. The van der Waals surface area contributed by atoms with Crippen LogP contribution in [0.2, 0.25) is 0 Å². The maximum absolute atomic E-state index is 11.4. The largest absolute Gasteiger partial charge is 0.508 e. The summed E-state index contributed by atoms with van der Waals surface area (Å²) >= 11 is 0. The standard InChI is InChI=1S/C23H20N2O3/c1-13-19(25(27)28)11-10-18-16-7-4-8-17(16)23(24-22(13)18)21-15-6-3-2-5-14(15)9-12-20(21)26/h2-7,9-12,16-17,23-24,26H,8H2,1H3. The Bertz CT molecular complexity index is 1150. The molecule has 5 heteroatoms. The van der Waals surface area contributed by atoms with E-state index in [2.05, 4.69) is 17.5 Å². The molecule has 1 aliphatic heterocycles. The van der Waals surface area contributed by atoms with E-state index in [1.54, 1.807) is 19.1 Å². The number of fused-ring (bicyclic) bond motifs is 4. The summed E-state index contributed by atoms with van der Waals surface area (Å²) in [6.07, 6.45) is 5.28. The van der Waals surface area contributed by atoms with Gasteiger partial charge in [0.25, 0.3) is 5.69 Å². The van der Waals surface area contributed by atoms with E-state index in [4.69, 9.17) is 0 Å². The Morgan fingerprint density at radius 3 is 2.79 bits per heavy atom. The second-order valence-corrected chi connectivity index (χ2v) is 7.63. The predicted octanol–water partition coefficient (Wildman–Crippen LogP) is 5.59. The molecule has 5 rings (SSSR count). The minimum atomic E-state index is -0.335. The van der Waals surface area contributed by atoms with Crippen LogP contribution in [0, 0.1) is 23.0 Å². The van der Waals surface area contributed by atoms with Crippen LogP contribution in [-0.4, -0.2) is 10.0 Å². The maximum Gasteiger partial charge on any atom is 0.274 e. The number of aromatic hydroxyl groups is 1. The SMILES string of the molecule is Cc1c([N+](=O)[O-])ccc2c1NC(c1c(O)ccc3ccccc13)C1CC=CC21. The Morgan fingerprint density at radius 2 is 1.96 bits per heavy atom. The Kier molecular flexibility index (Phi) is 3.66. The van der Waals surface area contributed by atoms with Crippen molar-refractivity contribution < 1.29 is 10.0 Å². The van der Waals surface area contributed by atoms with Gasteiger partial charge in [0.05, 0.1) is 16.5 Å². The van der Waals surface area contributed by atoms with Gasteiger partial charge in [-0.3, -0.25) is 10.1 Å². The summed E-state index contributed by atoms with van der Waals surface area (Å²) in [5.74, 6) is 0.692. The lowest BCUT2D eigenvalue weighted by atomic mass is 9.75. The summed E-state index contributed by atoms with van der Waals surface area (Å²) in [6, 6.07) is 15.0. The minimum Gasteiger partial charge on any atom is -0.508 e. The van der Waals surface area contributed by atoms with E-state index in [0.29, 0.717) is 5.56 Å². The summed E-state index contributed by atoms with van der Waals surface area (Å²) in [7, 11) is 0. The number of hydrogen-bond acceptors (Lipinski definition) is 4. The Labute approximate surface area is 162 Å². The highest BCUT2D eigenvalue weighted by Crippen LogP contribution is 2.53. The van der Waals surface area contributed by atoms with Gasteiger partial charge in [-0.2, -0.15) is 0 Å². The maximum atomic E-state index is 11.4. The van der Waals surface area contributed by atoms with E-state index in [-0.39, 0.29) is 34.2 Å². The smallest absolute Gasteiger partial charge is 0.274 e. The summed E-state index contributed by atoms with van der Waals surface area (Å²) in [4.78, 5) is 11.1. The highest BCUT2D eigenvalue weighted by Gasteiger charge is 2.40. The van der Waals surface area contributed by atoms with Gasteiger partial charge in [-0.15, -0.1) is 0 Å². The zero-order valence-corrected chi connectivity index (χ0v) is 15.4. The molecule has 0 fully saturated rings. The van der Waals surface area contributed by atoms with Gasteiger partial charge in [0, 0.05) is 23.2 Å². The third-order valence-corrected chi connectivity index (χ3v) is 6.22. The first kappa shape index (κ1) is 16.8. The van der Waals surface area contributed by atoms with Crippen LogP contribution in [0.4, 0.5) is 11.4 Å². The molecular weight excluding hydrogens is 352 g/mol. The molecular formula is C23H20N2O3. The van der Waals surface area contributed by atoms with Crippen molar-refractivity contribution in [2.75, 3.05) is 5.32 Å². The molecule has 28 heavy (non-hydrogen) atoms. The van der Waals surface area contributed by atoms with Crippen LogP contribution >= 0.6 is 0 Å². The van der Waals surface area contributed by atoms with Crippen LogP contribution in [0.1, 0.15) is 35.1 Å². The fraction of sp³-hybridized carbons (Fsp3) is 0.217. The zero-order chi connectivity index (χ0) is 19.4. The van der Waals surface area contributed by atoms with Gasteiger partial charge in [-0.25, -0.2) is 0 Å². The van der Waals surface area contributed by atoms with Crippen LogP contribution in [0.3, 0.4) is 0 Å². The first-order chi connectivity index (χ1) is 13.6. The van der Waals surface area contributed by atoms with Gasteiger partial charge in [0.15, 0.2) is 0 Å². The molecule has 3 aromatic rings. The van der Waals surface area contributed by atoms with Crippen LogP contribution in [0.5, 0.6) is 5.75 Å². The van der Waals surface area contributed by atoms with Crippen molar-refractivity contribution in [1.82, 2.24) is 0 Å². The monoisotopic (exact) mass is 372 g/mol. The molecule has 0 spiro atoms. The van der Waals surface area contributed by atoms with E-state index in [0.717, 1.165) is 34.0 Å².